The maximum atomic E-state index is 13.3. The molecule has 1 saturated heterocycles. The van der Waals surface area contributed by atoms with E-state index in [1.165, 1.54) is 18.9 Å². The fraction of sp³-hybridized carbons (Fsp3) is 0.179. The number of amides is 2. The SMILES string of the molecule is COCCN1C(=O)/C(=C/c2cccc(OC)c2OCC(=O)Nc2ccccc2)SC1=Nc1ccccc1. The molecule has 0 spiro atoms. The van der Waals surface area contributed by atoms with Gasteiger partial charge in [0.2, 0.25) is 0 Å². The van der Waals surface area contributed by atoms with Gasteiger partial charge in [-0.05, 0) is 48.2 Å². The van der Waals surface area contributed by atoms with E-state index in [2.05, 4.69) is 10.3 Å². The number of rotatable bonds is 10. The molecule has 1 N–H and O–H groups in total. The Morgan fingerprint density at radius 3 is 2.43 bits per heavy atom. The van der Waals surface area contributed by atoms with Crippen molar-refractivity contribution in [1.29, 1.82) is 0 Å². The molecule has 8 nitrogen and oxygen atoms in total. The van der Waals surface area contributed by atoms with E-state index in [9.17, 15) is 9.59 Å². The second kappa shape index (κ2) is 12.8. The summed E-state index contributed by atoms with van der Waals surface area (Å²) in [6.45, 7) is 0.511. The van der Waals surface area contributed by atoms with Crippen molar-refractivity contribution in [3.8, 4) is 11.5 Å². The molecule has 9 heteroatoms. The monoisotopic (exact) mass is 517 g/mol. The molecule has 190 valence electrons. The second-order valence-corrected chi connectivity index (χ2v) is 8.88. The molecule has 1 aliphatic rings. The predicted molar refractivity (Wildman–Crippen MR) is 146 cm³/mol. The minimum Gasteiger partial charge on any atom is -0.493 e. The zero-order valence-electron chi connectivity index (χ0n) is 20.5. The van der Waals surface area contributed by atoms with Gasteiger partial charge in [0.15, 0.2) is 23.3 Å². The van der Waals surface area contributed by atoms with Crippen molar-refractivity contribution in [2.75, 3.05) is 39.3 Å². The smallest absolute Gasteiger partial charge is 0.266 e. The third kappa shape index (κ3) is 6.78. The van der Waals surface area contributed by atoms with Gasteiger partial charge in [0.05, 0.1) is 30.9 Å². The van der Waals surface area contributed by atoms with Crippen molar-refractivity contribution in [2.24, 2.45) is 4.99 Å². The first-order chi connectivity index (χ1) is 18.1. The molecule has 1 fully saturated rings. The molecule has 0 unspecified atom stereocenters. The van der Waals surface area contributed by atoms with Crippen LogP contribution in [-0.4, -0.2) is 55.9 Å². The molecule has 0 bridgehead atoms. The number of para-hydroxylation sites is 3. The van der Waals surface area contributed by atoms with Gasteiger partial charge in [-0.2, -0.15) is 0 Å². The highest BCUT2D eigenvalue weighted by Crippen LogP contribution is 2.38. The quantitative estimate of drug-likeness (QED) is 0.382. The fourth-order valence-electron chi connectivity index (χ4n) is 3.54. The van der Waals surface area contributed by atoms with Crippen molar-refractivity contribution < 1.29 is 23.8 Å². The van der Waals surface area contributed by atoms with E-state index in [0.717, 1.165) is 5.69 Å². The van der Waals surface area contributed by atoms with Gasteiger partial charge in [0, 0.05) is 18.4 Å². The number of thioether (sulfide) groups is 1. The number of methoxy groups -OCH3 is 2. The van der Waals surface area contributed by atoms with E-state index in [4.69, 9.17) is 14.2 Å². The van der Waals surface area contributed by atoms with Crippen LogP contribution in [0.15, 0.2) is 88.8 Å². The van der Waals surface area contributed by atoms with E-state index >= 15 is 0 Å². The molecule has 1 aliphatic heterocycles. The zero-order chi connectivity index (χ0) is 26.0. The van der Waals surface area contributed by atoms with Gasteiger partial charge in [-0.15, -0.1) is 0 Å². The summed E-state index contributed by atoms with van der Waals surface area (Å²) in [5.74, 6) is 0.315. The maximum Gasteiger partial charge on any atom is 0.266 e. The molecule has 4 rings (SSSR count). The van der Waals surface area contributed by atoms with Crippen LogP contribution in [0.25, 0.3) is 6.08 Å². The minimum absolute atomic E-state index is 0.188. The third-order valence-corrected chi connectivity index (χ3v) is 6.32. The molecule has 0 aliphatic carbocycles. The molecule has 0 atom stereocenters. The van der Waals surface area contributed by atoms with Crippen LogP contribution >= 0.6 is 11.8 Å². The number of ether oxygens (including phenoxy) is 3. The van der Waals surface area contributed by atoms with E-state index in [0.29, 0.717) is 46.0 Å². The molecular weight excluding hydrogens is 490 g/mol. The van der Waals surface area contributed by atoms with Crippen LogP contribution in [0.5, 0.6) is 11.5 Å². The lowest BCUT2D eigenvalue weighted by atomic mass is 10.1. The summed E-state index contributed by atoms with van der Waals surface area (Å²) in [5, 5.41) is 3.35. The number of amidine groups is 1. The summed E-state index contributed by atoms with van der Waals surface area (Å²) in [6, 6.07) is 23.9. The van der Waals surface area contributed by atoms with Crippen molar-refractivity contribution in [3.63, 3.8) is 0 Å². The van der Waals surface area contributed by atoms with Crippen LogP contribution < -0.4 is 14.8 Å². The molecule has 3 aromatic rings. The number of nitrogens with zero attached hydrogens (tertiary/aromatic N) is 2. The van der Waals surface area contributed by atoms with Crippen LogP contribution in [0.2, 0.25) is 0 Å². The average molecular weight is 518 g/mol. The average Bonchev–Trinajstić information content (AvgIpc) is 3.20. The van der Waals surface area contributed by atoms with Gasteiger partial charge in [-0.3, -0.25) is 14.5 Å². The van der Waals surface area contributed by atoms with Gasteiger partial charge >= 0.3 is 0 Å². The summed E-state index contributed by atoms with van der Waals surface area (Å²) in [6.07, 6.45) is 1.73. The topological polar surface area (TPSA) is 89.5 Å². The number of aliphatic imine (C=N–C) groups is 1. The Bertz CT molecular complexity index is 1300. The minimum atomic E-state index is -0.315. The van der Waals surface area contributed by atoms with Crippen molar-refractivity contribution in [2.45, 2.75) is 0 Å². The van der Waals surface area contributed by atoms with E-state index in [-0.39, 0.29) is 18.4 Å². The number of hydrogen-bond acceptors (Lipinski definition) is 7. The third-order valence-electron chi connectivity index (χ3n) is 5.31. The van der Waals surface area contributed by atoms with Crippen molar-refractivity contribution in [1.82, 2.24) is 4.90 Å². The van der Waals surface area contributed by atoms with Gasteiger partial charge in [0.1, 0.15) is 0 Å². The van der Waals surface area contributed by atoms with Crippen molar-refractivity contribution >= 4 is 46.2 Å². The summed E-state index contributed by atoms with van der Waals surface area (Å²) in [7, 11) is 3.11. The first-order valence-electron chi connectivity index (χ1n) is 11.6. The Morgan fingerprint density at radius 1 is 1.00 bits per heavy atom. The Hall–Kier alpha value is -4.08. The molecule has 2 amide bonds. The Morgan fingerprint density at radius 2 is 1.73 bits per heavy atom. The lowest BCUT2D eigenvalue weighted by Crippen LogP contribution is -2.32. The molecule has 0 aromatic heterocycles. The Labute approximate surface area is 219 Å². The number of anilines is 1. The summed E-state index contributed by atoms with van der Waals surface area (Å²) in [4.78, 5) is 32.5. The van der Waals surface area contributed by atoms with Crippen molar-refractivity contribution in [3.05, 3.63) is 89.3 Å². The molecule has 1 heterocycles. The summed E-state index contributed by atoms with van der Waals surface area (Å²) in [5.41, 5.74) is 2.03. The highest BCUT2D eigenvalue weighted by atomic mass is 32.2. The number of nitrogens with one attached hydrogen (secondary N) is 1. The fourth-order valence-corrected chi connectivity index (χ4v) is 4.56. The predicted octanol–water partition coefficient (Wildman–Crippen LogP) is 4.96. The van der Waals surface area contributed by atoms with Gasteiger partial charge < -0.3 is 19.5 Å². The van der Waals surface area contributed by atoms with Gasteiger partial charge in [-0.25, -0.2) is 4.99 Å². The molecule has 0 radical (unpaired) electrons. The number of carbonyl (C=O) groups excluding carboxylic acids is 2. The normalized spacial score (nSPS) is 15.3. The largest absolute Gasteiger partial charge is 0.493 e. The maximum absolute atomic E-state index is 13.3. The van der Waals surface area contributed by atoms with Gasteiger partial charge in [0.25, 0.3) is 11.8 Å². The van der Waals surface area contributed by atoms with E-state index in [1.54, 1.807) is 48.4 Å². The molecule has 37 heavy (non-hydrogen) atoms. The van der Waals surface area contributed by atoms with E-state index < -0.39 is 0 Å². The highest BCUT2D eigenvalue weighted by molar-refractivity contribution is 8.18. The number of carbonyl (C=O) groups is 2. The van der Waals surface area contributed by atoms with Crippen LogP contribution in [0.3, 0.4) is 0 Å². The van der Waals surface area contributed by atoms with Crippen LogP contribution in [0.1, 0.15) is 5.56 Å². The standard InChI is InChI=1S/C28H27N3O5S/c1-34-17-16-31-27(33)24(37-28(31)30-22-13-7-4-8-14-22)18-20-10-9-15-23(35-2)26(20)36-19-25(32)29-21-11-5-3-6-12-21/h3-15,18H,16-17,19H2,1-2H3,(H,29,32)/b24-18-,30-28?. The zero-order valence-corrected chi connectivity index (χ0v) is 21.4. The highest BCUT2D eigenvalue weighted by Gasteiger charge is 2.33. The lowest BCUT2D eigenvalue weighted by molar-refractivity contribution is -0.122. The molecule has 0 saturated carbocycles. The summed E-state index contributed by atoms with van der Waals surface area (Å²) >= 11 is 1.27. The van der Waals surface area contributed by atoms with Crippen LogP contribution in [-0.2, 0) is 14.3 Å². The number of hydrogen-bond donors (Lipinski definition) is 1. The summed E-state index contributed by atoms with van der Waals surface area (Å²) < 4.78 is 16.6. The molecular formula is C28H27N3O5S. The first kappa shape index (κ1) is 26.0. The second-order valence-electron chi connectivity index (χ2n) is 7.87. The van der Waals surface area contributed by atoms with Gasteiger partial charge in [-0.1, -0.05) is 48.5 Å². The molecule has 3 aromatic carbocycles. The lowest BCUT2D eigenvalue weighted by Gasteiger charge is -2.15. The number of benzene rings is 3. The van der Waals surface area contributed by atoms with Crippen LogP contribution in [0, 0.1) is 0 Å². The first-order valence-corrected chi connectivity index (χ1v) is 12.4. The van der Waals surface area contributed by atoms with Crippen LogP contribution in [0.4, 0.5) is 11.4 Å². The Kier molecular flexibility index (Phi) is 8.96. The van der Waals surface area contributed by atoms with E-state index in [1.807, 2.05) is 48.5 Å². The Balaban J connectivity index is 1.59.